The van der Waals surface area contributed by atoms with Crippen LogP contribution in [0.3, 0.4) is 0 Å². The van der Waals surface area contributed by atoms with Crippen LogP contribution >= 0.6 is 0 Å². The molecule has 1 N–H and O–H groups in total. The molecule has 2 amide bonds. The van der Waals surface area contributed by atoms with Gasteiger partial charge in [-0.1, -0.05) is 103 Å². The highest BCUT2D eigenvalue weighted by Gasteiger charge is 2.29. The Hall–Kier alpha value is -4.22. The van der Waals surface area contributed by atoms with E-state index in [0.717, 1.165) is 18.7 Å². The Labute approximate surface area is 218 Å². The number of benzene rings is 4. The third kappa shape index (κ3) is 5.96. The number of anilines is 1. The summed E-state index contributed by atoms with van der Waals surface area (Å²) in [6.07, 6.45) is 0.266. The van der Waals surface area contributed by atoms with Gasteiger partial charge in [0.1, 0.15) is 0 Å². The van der Waals surface area contributed by atoms with Crippen LogP contribution in [0.25, 0.3) is 0 Å². The third-order valence-corrected chi connectivity index (χ3v) is 6.84. The summed E-state index contributed by atoms with van der Waals surface area (Å²) in [5.74, 6) is -0.184. The molecule has 5 rings (SSSR count). The molecular weight excluding hydrogens is 458 g/mol. The van der Waals surface area contributed by atoms with Crippen molar-refractivity contribution in [2.24, 2.45) is 0 Å². The van der Waals surface area contributed by atoms with Crippen molar-refractivity contribution in [3.8, 4) is 0 Å². The van der Waals surface area contributed by atoms with Gasteiger partial charge in [0.25, 0.3) is 5.91 Å². The summed E-state index contributed by atoms with van der Waals surface area (Å²) in [5, 5.41) is 2.95. The van der Waals surface area contributed by atoms with E-state index in [0.29, 0.717) is 24.3 Å². The minimum atomic E-state index is -0.134. The lowest BCUT2D eigenvalue weighted by Crippen LogP contribution is -2.50. The second-order valence-electron chi connectivity index (χ2n) is 9.31. The zero-order chi connectivity index (χ0) is 25.5. The monoisotopic (exact) mass is 489 g/mol. The van der Waals surface area contributed by atoms with E-state index in [4.69, 9.17) is 0 Å². The fourth-order valence-electron chi connectivity index (χ4n) is 4.99. The average molecular weight is 490 g/mol. The van der Waals surface area contributed by atoms with Crippen LogP contribution in [0.1, 0.15) is 33.1 Å². The first-order valence-corrected chi connectivity index (χ1v) is 12.7. The van der Waals surface area contributed by atoms with Crippen molar-refractivity contribution in [3.05, 3.63) is 138 Å². The molecule has 186 valence electrons. The highest BCUT2D eigenvalue weighted by atomic mass is 16.2. The van der Waals surface area contributed by atoms with Crippen LogP contribution < -0.4 is 5.32 Å². The standard InChI is InChI=1S/C32H31N3O2/c36-30(24-25-12-4-1-5-13-25)33-29-19-11-10-18-28(29)32(37)35-22-20-34(21-23-35)31(26-14-6-2-7-15-26)27-16-8-3-9-17-27/h1-19,31H,20-24H2,(H,33,36). The lowest BCUT2D eigenvalue weighted by atomic mass is 9.96. The van der Waals surface area contributed by atoms with Gasteiger partial charge in [0.05, 0.1) is 23.7 Å². The van der Waals surface area contributed by atoms with Gasteiger partial charge in [-0.25, -0.2) is 0 Å². The van der Waals surface area contributed by atoms with E-state index in [9.17, 15) is 9.59 Å². The smallest absolute Gasteiger partial charge is 0.256 e. The SMILES string of the molecule is O=C(Cc1ccccc1)Nc1ccccc1C(=O)N1CCN(C(c2ccccc2)c2ccccc2)CC1. The summed E-state index contributed by atoms with van der Waals surface area (Å²) in [6.45, 7) is 2.79. The first-order chi connectivity index (χ1) is 18.2. The van der Waals surface area contributed by atoms with Crippen molar-refractivity contribution in [2.45, 2.75) is 12.5 Å². The molecule has 1 aliphatic rings. The van der Waals surface area contributed by atoms with Gasteiger partial charge in [-0.05, 0) is 28.8 Å². The largest absolute Gasteiger partial charge is 0.336 e. The number of hydrogen-bond donors (Lipinski definition) is 1. The molecule has 1 heterocycles. The molecule has 0 atom stereocenters. The average Bonchev–Trinajstić information content (AvgIpc) is 2.95. The summed E-state index contributed by atoms with van der Waals surface area (Å²) < 4.78 is 0. The van der Waals surface area contributed by atoms with Crippen LogP contribution in [0.4, 0.5) is 5.69 Å². The molecule has 1 saturated heterocycles. The number of para-hydroxylation sites is 1. The van der Waals surface area contributed by atoms with Crippen LogP contribution in [0.2, 0.25) is 0 Å². The summed E-state index contributed by atoms with van der Waals surface area (Å²) >= 11 is 0. The molecule has 0 unspecified atom stereocenters. The molecule has 0 aromatic heterocycles. The van der Waals surface area contributed by atoms with Gasteiger partial charge in [0.15, 0.2) is 0 Å². The van der Waals surface area contributed by atoms with Gasteiger partial charge >= 0.3 is 0 Å². The van der Waals surface area contributed by atoms with E-state index in [1.54, 1.807) is 12.1 Å². The molecule has 5 nitrogen and oxygen atoms in total. The molecular formula is C32H31N3O2. The second kappa shape index (κ2) is 11.7. The van der Waals surface area contributed by atoms with Crippen molar-refractivity contribution in [3.63, 3.8) is 0 Å². The Morgan fingerprint density at radius 2 is 1.16 bits per heavy atom. The molecule has 1 fully saturated rings. The van der Waals surface area contributed by atoms with Crippen molar-refractivity contribution in [2.75, 3.05) is 31.5 Å². The predicted molar refractivity (Wildman–Crippen MR) is 147 cm³/mol. The summed E-state index contributed by atoms with van der Waals surface area (Å²) in [4.78, 5) is 30.6. The summed E-state index contributed by atoms with van der Waals surface area (Å²) in [7, 11) is 0. The Kier molecular flexibility index (Phi) is 7.72. The molecule has 0 bridgehead atoms. The Morgan fingerprint density at radius 1 is 0.649 bits per heavy atom. The normalized spacial score (nSPS) is 13.9. The number of piperazine rings is 1. The molecule has 4 aromatic rings. The second-order valence-corrected chi connectivity index (χ2v) is 9.31. The number of carbonyl (C=O) groups excluding carboxylic acids is 2. The highest BCUT2D eigenvalue weighted by Crippen LogP contribution is 2.30. The molecule has 0 spiro atoms. The number of nitrogens with one attached hydrogen (secondary N) is 1. The van der Waals surface area contributed by atoms with E-state index >= 15 is 0 Å². The first kappa shape index (κ1) is 24.5. The summed E-state index contributed by atoms with van der Waals surface area (Å²) in [6, 6.07) is 38.1. The Morgan fingerprint density at radius 3 is 1.76 bits per heavy atom. The van der Waals surface area contributed by atoms with E-state index in [2.05, 4.69) is 58.7 Å². The molecule has 5 heteroatoms. The van der Waals surface area contributed by atoms with Crippen molar-refractivity contribution >= 4 is 17.5 Å². The minimum Gasteiger partial charge on any atom is -0.336 e. The molecule has 37 heavy (non-hydrogen) atoms. The van der Waals surface area contributed by atoms with Gasteiger partial charge < -0.3 is 10.2 Å². The molecule has 1 aliphatic heterocycles. The van der Waals surface area contributed by atoms with E-state index < -0.39 is 0 Å². The Bertz CT molecular complexity index is 1280. The van der Waals surface area contributed by atoms with Crippen molar-refractivity contribution in [1.29, 1.82) is 0 Å². The van der Waals surface area contributed by atoms with Crippen molar-refractivity contribution < 1.29 is 9.59 Å². The fraction of sp³-hybridized carbons (Fsp3) is 0.188. The maximum atomic E-state index is 13.5. The van der Waals surface area contributed by atoms with Gasteiger partial charge in [0, 0.05) is 26.2 Å². The van der Waals surface area contributed by atoms with Gasteiger partial charge in [-0.15, -0.1) is 0 Å². The van der Waals surface area contributed by atoms with Crippen molar-refractivity contribution in [1.82, 2.24) is 9.80 Å². The molecule has 4 aromatic carbocycles. The highest BCUT2D eigenvalue weighted by molar-refractivity contribution is 6.04. The maximum absolute atomic E-state index is 13.5. The van der Waals surface area contributed by atoms with Crippen LogP contribution in [0.5, 0.6) is 0 Å². The predicted octanol–water partition coefficient (Wildman–Crippen LogP) is 5.42. The maximum Gasteiger partial charge on any atom is 0.256 e. The molecule has 0 radical (unpaired) electrons. The van der Waals surface area contributed by atoms with Gasteiger partial charge in [-0.2, -0.15) is 0 Å². The quantitative estimate of drug-likeness (QED) is 0.377. The van der Waals surface area contributed by atoms with Crippen LogP contribution in [0, 0.1) is 0 Å². The third-order valence-electron chi connectivity index (χ3n) is 6.84. The lowest BCUT2D eigenvalue weighted by molar-refractivity contribution is -0.115. The number of carbonyl (C=O) groups is 2. The van der Waals surface area contributed by atoms with Crippen LogP contribution in [-0.4, -0.2) is 47.8 Å². The van der Waals surface area contributed by atoms with E-state index in [1.165, 1.54) is 11.1 Å². The van der Waals surface area contributed by atoms with Gasteiger partial charge in [0.2, 0.25) is 5.91 Å². The molecule has 0 saturated carbocycles. The lowest BCUT2D eigenvalue weighted by Gasteiger charge is -2.40. The number of hydrogen-bond acceptors (Lipinski definition) is 3. The fourth-order valence-corrected chi connectivity index (χ4v) is 4.99. The van der Waals surface area contributed by atoms with E-state index in [1.807, 2.05) is 59.5 Å². The number of nitrogens with zero attached hydrogens (tertiary/aromatic N) is 2. The van der Waals surface area contributed by atoms with Gasteiger partial charge in [-0.3, -0.25) is 14.5 Å². The van der Waals surface area contributed by atoms with Crippen LogP contribution in [-0.2, 0) is 11.2 Å². The Balaban J connectivity index is 1.27. The topological polar surface area (TPSA) is 52.7 Å². The van der Waals surface area contributed by atoms with E-state index in [-0.39, 0.29) is 24.3 Å². The molecule has 0 aliphatic carbocycles. The number of amides is 2. The summed E-state index contributed by atoms with van der Waals surface area (Å²) in [5.41, 5.74) is 4.52. The minimum absolute atomic E-state index is 0.0498. The first-order valence-electron chi connectivity index (χ1n) is 12.7. The van der Waals surface area contributed by atoms with Crippen LogP contribution in [0.15, 0.2) is 115 Å². The zero-order valence-corrected chi connectivity index (χ0v) is 20.8. The number of rotatable bonds is 7. The zero-order valence-electron chi connectivity index (χ0n) is 20.8.